The lowest BCUT2D eigenvalue weighted by molar-refractivity contribution is -0.384. The zero-order valence-electron chi connectivity index (χ0n) is 21.0. The van der Waals surface area contributed by atoms with Crippen LogP contribution in [0.5, 0.6) is 5.75 Å². The van der Waals surface area contributed by atoms with Crippen LogP contribution in [0.1, 0.15) is 40.3 Å². The van der Waals surface area contributed by atoms with Crippen molar-refractivity contribution in [2.75, 3.05) is 12.0 Å². The fraction of sp³-hybridized carbons (Fsp3) is 0.214. The molecule has 1 aliphatic rings. The molecule has 5 rings (SSSR count). The third-order valence-electron chi connectivity index (χ3n) is 6.81. The van der Waals surface area contributed by atoms with Crippen LogP contribution in [0.2, 0.25) is 0 Å². The summed E-state index contributed by atoms with van der Waals surface area (Å²) in [7, 11) is 1.56. The van der Waals surface area contributed by atoms with Crippen molar-refractivity contribution >= 4 is 28.7 Å². The van der Waals surface area contributed by atoms with Crippen molar-refractivity contribution in [3.63, 3.8) is 0 Å². The number of ether oxygens (including phenoxy) is 1. The van der Waals surface area contributed by atoms with Gasteiger partial charge in [-0.3, -0.25) is 15.1 Å². The first kappa shape index (κ1) is 24.5. The van der Waals surface area contributed by atoms with Crippen molar-refractivity contribution in [3.05, 3.63) is 111 Å². The number of benzene rings is 2. The number of nitro benzene ring substituents is 1. The van der Waals surface area contributed by atoms with Crippen LogP contribution >= 0.6 is 12.2 Å². The molecule has 37 heavy (non-hydrogen) atoms. The summed E-state index contributed by atoms with van der Waals surface area (Å²) in [6.45, 7) is 6.06. The van der Waals surface area contributed by atoms with E-state index in [1.54, 1.807) is 25.4 Å². The Morgan fingerprint density at radius 1 is 1.05 bits per heavy atom. The van der Waals surface area contributed by atoms with Gasteiger partial charge in [0.2, 0.25) is 0 Å². The van der Waals surface area contributed by atoms with Crippen molar-refractivity contribution in [1.82, 2.24) is 14.9 Å². The van der Waals surface area contributed by atoms with Gasteiger partial charge in [-0.05, 0) is 75.0 Å². The highest BCUT2D eigenvalue weighted by molar-refractivity contribution is 7.80. The normalized spacial score (nSPS) is 17.1. The number of hydrogen-bond donors (Lipinski definition) is 1. The highest BCUT2D eigenvalue weighted by Crippen LogP contribution is 2.44. The number of nitrogens with one attached hydrogen (secondary N) is 1. The van der Waals surface area contributed by atoms with Crippen LogP contribution in [0.25, 0.3) is 5.69 Å². The smallest absolute Gasteiger partial charge is 0.271 e. The lowest BCUT2D eigenvalue weighted by atomic mass is 9.96. The molecule has 1 aliphatic heterocycles. The number of pyridine rings is 1. The molecule has 0 radical (unpaired) electrons. The van der Waals surface area contributed by atoms with Crippen molar-refractivity contribution in [3.8, 4) is 11.4 Å². The number of aryl methyl sites for hydroxylation is 2. The highest BCUT2D eigenvalue weighted by atomic mass is 32.1. The quantitative estimate of drug-likeness (QED) is 0.195. The minimum absolute atomic E-state index is 0.00112. The molecule has 2 atom stereocenters. The number of rotatable bonds is 6. The van der Waals surface area contributed by atoms with Gasteiger partial charge in [0, 0.05) is 35.4 Å². The van der Waals surface area contributed by atoms with E-state index in [9.17, 15) is 10.1 Å². The van der Waals surface area contributed by atoms with Gasteiger partial charge in [0.15, 0.2) is 5.11 Å². The van der Waals surface area contributed by atoms with Gasteiger partial charge in [-0.25, -0.2) is 0 Å². The topological polar surface area (TPSA) is 85.5 Å². The molecule has 0 unspecified atom stereocenters. The fourth-order valence-corrected chi connectivity index (χ4v) is 5.42. The van der Waals surface area contributed by atoms with E-state index in [4.69, 9.17) is 17.0 Å². The lowest BCUT2D eigenvalue weighted by Crippen LogP contribution is -2.29. The lowest BCUT2D eigenvalue weighted by Gasteiger charge is -2.28. The number of anilines is 1. The highest BCUT2D eigenvalue weighted by Gasteiger charge is 2.42. The van der Waals surface area contributed by atoms with Crippen molar-refractivity contribution < 1.29 is 9.66 Å². The van der Waals surface area contributed by atoms with Crippen LogP contribution in [0.15, 0.2) is 72.9 Å². The Hall–Kier alpha value is -4.24. The minimum atomic E-state index is -0.395. The Balaban J connectivity index is 1.70. The maximum absolute atomic E-state index is 11.5. The van der Waals surface area contributed by atoms with E-state index < -0.39 is 4.92 Å². The van der Waals surface area contributed by atoms with Gasteiger partial charge < -0.3 is 19.5 Å². The number of nitrogens with zero attached hydrogens (tertiary/aromatic N) is 4. The van der Waals surface area contributed by atoms with Crippen LogP contribution < -0.4 is 15.0 Å². The largest absolute Gasteiger partial charge is 0.495 e. The molecule has 8 nitrogen and oxygen atoms in total. The predicted octanol–water partition coefficient (Wildman–Crippen LogP) is 5.89. The van der Waals surface area contributed by atoms with Gasteiger partial charge in [0.05, 0.1) is 35.5 Å². The fourth-order valence-electron chi connectivity index (χ4n) is 5.08. The number of thiocarbonyl (C=S) groups is 1. The van der Waals surface area contributed by atoms with Gasteiger partial charge in [-0.15, -0.1) is 0 Å². The summed E-state index contributed by atoms with van der Waals surface area (Å²) in [5, 5.41) is 15.7. The molecule has 0 amide bonds. The molecule has 2 aromatic heterocycles. The second-order valence-corrected chi connectivity index (χ2v) is 9.49. The second-order valence-electron chi connectivity index (χ2n) is 9.11. The zero-order valence-corrected chi connectivity index (χ0v) is 21.8. The molecule has 9 heteroatoms. The summed E-state index contributed by atoms with van der Waals surface area (Å²) in [5.41, 5.74) is 6.53. The van der Waals surface area contributed by atoms with Gasteiger partial charge in [-0.2, -0.15) is 0 Å². The summed E-state index contributed by atoms with van der Waals surface area (Å²) in [6.07, 6.45) is 1.78. The van der Waals surface area contributed by atoms with E-state index >= 15 is 0 Å². The second kappa shape index (κ2) is 9.67. The molecule has 3 heterocycles. The summed E-state index contributed by atoms with van der Waals surface area (Å²) in [6, 6.07) is 20.5. The first-order valence-electron chi connectivity index (χ1n) is 11.9. The number of methoxy groups -OCH3 is 1. The SMILES string of the molecule is COc1ccc([N+](=O)[O-])cc1-n1c(C)cc([C@H]2[C@@H](c3ccccn3)NC(=S)N2c2ccc(C)cc2)c1C. The maximum Gasteiger partial charge on any atom is 0.271 e. The number of aromatic nitrogens is 2. The zero-order chi connectivity index (χ0) is 26.3. The van der Waals surface area contributed by atoms with E-state index in [2.05, 4.69) is 52.5 Å². The van der Waals surface area contributed by atoms with Crippen LogP contribution in [0.4, 0.5) is 11.4 Å². The molecule has 4 aromatic rings. The van der Waals surface area contributed by atoms with Gasteiger partial charge in [0.25, 0.3) is 5.69 Å². The summed E-state index contributed by atoms with van der Waals surface area (Å²) in [5.74, 6) is 0.552. The van der Waals surface area contributed by atoms with Crippen LogP contribution in [0, 0.1) is 30.9 Å². The van der Waals surface area contributed by atoms with Crippen LogP contribution in [-0.2, 0) is 0 Å². The molecule has 0 saturated carbocycles. The Labute approximate surface area is 220 Å². The summed E-state index contributed by atoms with van der Waals surface area (Å²) >= 11 is 5.86. The average Bonchev–Trinajstić information content (AvgIpc) is 3.39. The van der Waals surface area contributed by atoms with E-state index in [-0.39, 0.29) is 17.8 Å². The molecule has 1 N–H and O–H groups in total. The maximum atomic E-state index is 11.5. The Bertz CT molecular complexity index is 1480. The molecule has 2 aromatic carbocycles. The third-order valence-corrected chi connectivity index (χ3v) is 7.13. The third kappa shape index (κ3) is 4.31. The summed E-state index contributed by atoms with van der Waals surface area (Å²) in [4.78, 5) is 17.9. The Kier molecular flexibility index (Phi) is 6.39. The molecule has 0 spiro atoms. The molecular formula is C28H27N5O3S. The standard InChI is InChI=1S/C28H27N5O3S/c1-17-8-10-20(11-9-17)32-27(26(30-28(32)37)23-7-5-6-14-29-23)22-15-18(2)31(19(22)3)24-16-21(33(34)35)12-13-25(24)36-4/h5-16,26-27H,1-4H3,(H,30,37)/t26-,27+/m1/s1. The van der Waals surface area contributed by atoms with E-state index in [0.717, 1.165) is 33.9 Å². The first-order valence-corrected chi connectivity index (χ1v) is 12.3. The monoisotopic (exact) mass is 513 g/mol. The minimum Gasteiger partial charge on any atom is -0.495 e. The van der Waals surface area contributed by atoms with Crippen molar-refractivity contribution in [1.29, 1.82) is 0 Å². The molecule has 188 valence electrons. The molecule has 1 fully saturated rings. The van der Waals surface area contributed by atoms with E-state index in [1.807, 2.05) is 36.6 Å². The Morgan fingerprint density at radius 2 is 1.81 bits per heavy atom. The van der Waals surface area contributed by atoms with Gasteiger partial charge in [-0.1, -0.05) is 23.8 Å². The first-order chi connectivity index (χ1) is 17.8. The molecule has 0 bridgehead atoms. The molecule has 1 saturated heterocycles. The number of hydrogen-bond acceptors (Lipinski definition) is 5. The summed E-state index contributed by atoms with van der Waals surface area (Å²) < 4.78 is 7.60. The average molecular weight is 514 g/mol. The van der Waals surface area contributed by atoms with Crippen LogP contribution in [-0.4, -0.2) is 26.7 Å². The number of nitro groups is 1. The predicted molar refractivity (Wildman–Crippen MR) is 148 cm³/mol. The van der Waals surface area contributed by atoms with E-state index in [1.165, 1.54) is 6.07 Å². The van der Waals surface area contributed by atoms with Gasteiger partial charge >= 0.3 is 0 Å². The van der Waals surface area contributed by atoms with E-state index in [0.29, 0.717) is 16.5 Å². The van der Waals surface area contributed by atoms with Crippen molar-refractivity contribution in [2.24, 2.45) is 0 Å². The van der Waals surface area contributed by atoms with Crippen LogP contribution in [0.3, 0.4) is 0 Å². The molecular weight excluding hydrogens is 486 g/mol. The molecule has 0 aliphatic carbocycles. The Morgan fingerprint density at radius 3 is 2.46 bits per heavy atom. The van der Waals surface area contributed by atoms with Crippen molar-refractivity contribution in [2.45, 2.75) is 32.9 Å². The van der Waals surface area contributed by atoms with Gasteiger partial charge in [0.1, 0.15) is 5.75 Å². The number of non-ortho nitro benzene ring substituents is 1.